The van der Waals surface area contributed by atoms with Crippen LogP contribution in [-0.4, -0.2) is 55.6 Å². The number of hydrogen-bond donors (Lipinski definition) is 0. The zero-order valence-electron chi connectivity index (χ0n) is 15.0. The lowest BCUT2D eigenvalue weighted by atomic mass is 10.1. The number of hydrogen-bond acceptors (Lipinski definition) is 6. The van der Waals surface area contributed by atoms with Crippen molar-refractivity contribution in [1.29, 1.82) is 5.26 Å². The van der Waals surface area contributed by atoms with Gasteiger partial charge in [-0.05, 0) is 19.1 Å². The van der Waals surface area contributed by atoms with Gasteiger partial charge < -0.3 is 9.64 Å². The van der Waals surface area contributed by atoms with E-state index in [4.69, 9.17) is 4.74 Å². The van der Waals surface area contributed by atoms with Crippen molar-refractivity contribution in [3.05, 3.63) is 42.4 Å². The molecule has 1 amide bonds. The Morgan fingerprint density at radius 3 is 2.93 bits per heavy atom. The number of methoxy groups -OCH3 is 1. The van der Waals surface area contributed by atoms with Crippen LogP contribution in [0.4, 0.5) is 0 Å². The predicted octanol–water partition coefficient (Wildman–Crippen LogP) is 1.35. The van der Waals surface area contributed by atoms with Gasteiger partial charge in [-0.15, -0.1) is 5.10 Å². The minimum Gasteiger partial charge on any atom is -0.494 e. The van der Waals surface area contributed by atoms with Gasteiger partial charge in [-0.3, -0.25) is 4.79 Å². The average Bonchev–Trinajstić information content (AvgIpc) is 3.23. The van der Waals surface area contributed by atoms with Crippen molar-refractivity contribution in [3.8, 4) is 23.1 Å². The molecule has 1 saturated heterocycles. The van der Waals surface area contributed by atoms with E-state index < -0.39 is 0 Å². The Morgan fingerprint density at radius 1 is 1.48 bits per heavy atom. The number of ether oxygens (including phenoxy) is 1. The van der Waals surface area contributed by atoms with Crippen LogP contribution in [0.5, 0.6) is 5.75 Å². The fourth-order valence-electron chi connectivity index (χ4n) is 3.32. The molecule has 9 heteroatoms. The Bertz CT molecular complexity index is 1100. The highest BCUT2D eigenvalue weighted by Crippen LogP contribution is 2.31. The van der Waals surface area contributed by atoms with E-state index in [1.807, 2.05) is 17.7 Å². The number of nitriles is 1. The van der Waals surface area contributed by atoms with Crippen LogP contribution in [0.15, 0.2) is 31.1 Å². The van der Waals surface area contributed by atoms with E-state index in [0.29, 0.717) is 35.6 Å². The van der Waals surface area contributed by atoms with Crippen LogP contribution in [0, 0.1) is 18.3 Å². The second kappa shape index (κ2) is 6.25. The summed E-state index contributed by atoms with van der Waals surface area (Å²) in [6.45, 7) is 6.61. The van der Waals surface area contributed by atoms with Crippen LogP contribution in [0.2, 0.25) is 0 Å². The summed E-state index contributed by atoms with van der Waals surface area (Å²) in [4.78, 5) is 13.3. The van der Waals surface area contributed by atoms with Gasteiger partial charge in [0.25, 0.3) is 0 Å². The number of rotatable bonds is 4. The average molecular weight is 363 g/mol. The first-order valence-electron chi connectivity index (χ1n) is 8.36. The number of fused-ring (bicyclic) bond motifs is 1. The van der Waals surface area contributed by atoms with Crippen molar-refractivity contribution >= 4 is 11.4 Å². The fourth-order valence-corrected chi connectivity index (χ4v) is 3.32. The number of amides is 1. The maximum Gasteiger partial charge on any atom is 0.246 e. The second-order valence-corrected chi connectivity index (χ2v) is 6.33. The molecule has 0 saturated carbocycles. The van der Waals surface area contributed by atoms with Crippen LogP contribution in [0.3, 0.4) is 0 Å². The Balaban J connectivity index is 1.69. The van der Waals surface area contributed by atoms with Crippen molar-refractivity contribution in [1.82, 2.24) is 29.5 Å². The molecule has 0 aliphatic carbocycles. The van der Waals surface area contributed by atoms with Crippen LogP contribution in [-0.2, 0) is 4.79 Å². The van der Waals surface area contributed by atoms with Crippen LogP contribution in [0.1, 0.15) is 17.3 Å². The highest BCUT2D eigenvalue weighted by molar-refractivity contribution is 5.87. The third-order valence-electron chi connectivity index (χ3n) is 4.81. The second-order valence-electron chi connectivity index (χ2n) is 6.33. The minimum absolute atomic E-state index is 0.0774. The first-order chi connectivity index (χ1) is 13.1. The summed E-state index contributed by atoms with van der Waals surface area (Å²) in [5.41, 5.74) is 3.44. The molecule has 0 radical (unpaired) electrons. The molecule has 1 aliphatic rings. The van der Waals surface area contributed by atoms with Gasteiger partial charge in [0.2, 0.25) is 5.91 Å². The molecule has 9 nitrogen and oxygen atoms in total. The number of pyridine rings is 1. The predicted molar refractivity (Wildman–Crippen MR) is 96.0 cm³/mol. The van der Waals surface area contributed by atoms with E-state index in [1.165, 1.54) is 12.3 Å². The minimum atomic E-state index is -0.0774. The van der Waals surface area contributed by atoms with Crippen molar-refractivity contribution in [3.63, 3.8) is 0 Å². The Hall–Kier alpha value is -3.67. The number of carbonyl (C=O) groups is 1. The van der Waals surface area contributed by atoms with Crippen molar-refractivity contribution < 1.29 is 9.53 Å². The first kappa shape index (κ1) is 16.8. The molecule has 1 aliphatic heterocycles. The van der Waals surface area contributed by atoms with E-state index in [-0.39, 0.29) is 11.9 Å². The quantitative estimate of drug-likeness (QED) is 0.649. The molecule has 136 valence electrons. The maximum atomic E-state index is 11.6. The normalized spacial score (nSPS) is 14.0. The largest absolute Gasteiger partial charge is 0.494 e. The molecule has 0 spiro atoms. The highest BCUT2D eigenvalue weighted by Gasteiger charge is 2.33. The Kier molecular flexibility index (Phi) is 3.88. The summed E-state index contributed by atoms with van der Waals surface area (Å²) < 4.78 is 8.90. The van der Waals surface area contributed by atoms with Crippen molar-refractivity contribution in [2.24, 2.45) is 0 Å². The van der Waals surface area contributed by atoms with Gasteiger partial charge in [-0.1, -0.05) is 11.8 Å². The molecular weight excluding hydrogens is 346 g/mol. The van der Waals surface area contributed by atoms with Crippen molar-refractivity contribution in [2.45, 2.75) is 13.0 Å². The van der Waals surface area contributed by atoms with E-state index in [2.05, 4.69) is 28.1 Å². The van der Waals surface area contributed by atoms with E-state index in [1.54, 1.807) is 22.7 Å². The molecule has 0 aromatic carbocycles. The van der Waals surface area contributed by atoms with Crippen LogP contribution in [0.25, 0.3) is 16.8 Å². The lowest BCUT2D eigenvalue weighted by Gasteiger charge is -2.38. The SMILES string of the molecule is C=CC(=O)N1CC(n2nnc(-c3cc(OC)c4c(C#N)cnn4c3)c2C)C1. The molecule has 4 heterocycles. The summed E-state index contributed by atoms with van der Waals surface area (Å²) in [5, 5.41) is 22.0. The van der Waals surface area contributed by atoms with E-state index in [9.17, 15) is 10.1 Å². The number of nitrogens with zero attached hydrogens (tertiary/aromatic N) is 7. The molecule has 27 heavy (non-hydrogen) atoms. The van der Waals surface area contributed by atoms with Gasteiger partial charge in [0, 0.05) is 24.8 Å². The lowest BCUT2D eigenvalue weighted by molar-refractivity contribution is -0.131. The Morgan fingerprint density at radius 2 is 2.26 bits per heavy atom. The number of aromatic nitrogens is 5. The van der Waals surface area contributed by atoms with E-state index >= 15 is 0 Å². The zero-order valence-corrected chi connectivity index (χ0v) is 15.0. The zero-order chi connectivity index (χ0) is 19.1. The van der Waals surface area contributed by atoms with Crippen molar-refractivity contribution in [2.75, 3.05) is 20.2 Å². The summed E-state index contributed by atoms with van der Waals surface area (Å²) in [6, 6.07) is 4.03. The van der Waals surface area contributed by atoms with Gasteiger partial charge in [0.1, 0.15) is 28.6 Å². The third kappa shape index (κ3) is 2.54. The number of likely N-dealkylation sites (tertiary alicyclic amines) is 1. The molecule has 3 aromatic heterocycles. The van der Waals surface area contributed by atoms with Gasteiger partial charge >= 0.3 is 0 Å². The molecular formula is C18H17N7O2. The van der Waals surface area contributed by atoms with Gasteiger partial charge in [0.05, 0.1) is 25.0 Å². The lowest BCUT2D eigenvalue weighted by Crippen LogP contribution is -2.50. The molecule has 0 N–H and O–H groups in total. The topological polar surface area (TPSA) is 101 Å². The molecule has 1 fully saturated rings. The fraction of sp³-hybridized carbons (Fsp3) is 0.278. The molecule has 0 unspecified atom stereocenters. The Labute approximate surface area is 155 Å². The van der Waals surface area contributed by atoms with Gasteiger partial charge in [-0.2, -0.15) is 10.4 Å². The van der Waals surface area contributed by atoms with Gasteiger partial charge in [0.15, 0.2) is 0 Å². The van der Waals surface area contributed by atoms with Crippen LogP contribution < -0.4 is 4.74 Å². The summed E-state index contributed by atoms with van der Waals surface area (Å²) >= 11 is 0. The first-order valence-corrected chi connectivity index (χ1v) is 8.36. The van der Waals surface area contributed by atoms with Gasteiger partial charge in [-0.25, -0.2) is 9.20 Å². The van der Waals surface area contributed by atoms with E-state index in [0.717, 1.165) is 11.3 Å². The number of carbonyl (C=O) groups excluding carboxylic acids is 1. The third-order valence-corrected chi connectivity index (χ3v) is 4.81. The summed E-state index contributed by atoms with van der Waals surface area (Å²) in [7, 11) is 1.55. The van der Waals surface area contributed by atoms with Crippen LogP contribution >= 0.6 is 0 Å². The smallest absolute Gasteiger partial charge is 0.246 e. The monoisotopic (exact) mass is 363 g/mol. The molecule has 4 rings (SSSR count). The standard InChI is InChI=1S/C18H17N7O2/c1-4-16(26)23-9-14(10-23)25-11(2)17(21-22-25)12-5-15(27-3)18-13(6-19)7-20-24(18)8-12/h4-5,7-8,14H,1,9-10H2,2-3H3. The molecule has 0 atom stereocenters. The molecule has 0 bridgehead atoms. The highest BCUT2D eigenvalue weighted by atomic mass is 16.5. The summed E-state index contributed by atoms with van der Waals surface area (Å²) in [5.74, 6) is 0.466. The maximum absolute atomic E-state index is 11.6. The molecule has 3 aromatic rings. The summed E-state index contributed by atoms with van der Waals surface area (Å²) in [6.07, 6.45) is 4.62.